The highest BCUT2D eigenvalue weighted by Gasteiger charge is 2.39. The molecule has 1 amide bonds. The summed E-state index contributed by atoms with van der Waals surface area (Å²) in [5.41, 5.74) is 0.737. The molecule has 0 aliphatic heterocycles. The largest absolute Gasteiger partial charge is 0.352 e. The van der Waals surface area contributed by atoms with Gasteiger partial charge in [0.25, 0.3) is 5.91 Å². The van der Waals surface area contributed by atoms with Crippen LogP contribution in [0.15, 0.2) is 28.7 Å². The Morgan fingerprint density at radius 1 is 1.28 bits per heavy atom. The number of halogens is 1. The van der Waals surface area contributed by atoms with Crippen LogP contribution in [0.3, 0.4) is 0 Å². The summed E-state index contributed by atoms with van der Waals surface area (Å²) < 4.78 is 0.871. The fourth-order valence-electron chi connectivity index (χ4n) is 3.59. The molecule has 0 radical (unpaired) electrons. The molecule has 2 nitrogen and oxygen atoms in total. The van der Waals surface area contributed by atoms with Gasteiger partial charge in [-0.25, -0.2) is 0 Å². The van der Waals surface area contributed by atoms with Gasteiger partial charge in [-0.2, -0.15) is 0 Å². The Labute approximate surface area is 116 Å². The van der Waals surface area contributed by atoms with Crippen LogP contribution in [0.4, 0.5) is 0 Å². The fraction of sp³-hybridized carbons (Fsp3) is 0.533. The van der Waals surface area contributed by atoms with Gasteiger partial charge in [0, 0.05) is 11.0 Å². The molecule has 0 spiro atoms. The van der Waals surface area contributed by atoms with Crippen molar-refractivity contribution in [3.63, 3.8) is 0 Å². The van der Waals surface area contributed by atoms with Gasteiger partial charge < -0.3 is 5.32 Å². The number of amides is 1. The highest BCUT2D eigenvalue weighted by molar-refractivity contribution is 9.10. The Bertz CT molecular complexity index is 460. The zero-order valence-electron chi connectivity index (χ0n) is 10.4. The van der Waals surface area contributed by atoms with E-state index in [1.807, 2.05) is 24.3 Å². The van der Waals surface area contributed by atoms with Crippen molar-refractivity contribution in [2.45, 2.75) is 25.7 Å². The molecule has 3 unspecified atom stereocenters. The second-order valence-electron chi connectivity index (χ2n) is 5.62. The van der Waals surface area contributed by atoms with Crippen LogP contribution < -0.4 is 5.32 Å². The van der Waals surface area contributed by atoms with E-state index in [1.165, 1.54) is 25.7 Å². The third kappa shape index (κ3) is 2.33. The molecule has 18 heavy (non-hydrogen) atoms. The SMILES string of the molecule is O=C(NCC1CC2CCC1C2)c1ccccc1Br. The van der Waals surface area contributed by atoms with Crippen molar-refractivity contribution in [2.75, 3.05) is 6.54 Å². The molecule has 2 saturated carbocycles. The molecule has 1 aromatic carbocycles. The lowest BCUT2D eigenvalue weighted by atomic mass is 9.89. The first kappa shape index (κ1) is 12.2. The predicted octanol–water partition coefficient (Wildman–Crippen LogP) is 3.62. The van der Waals surface area contributed by atoms with Gasteiger partial charge >= 0.3 is 0 Å². The van der Waals surface area contributed by atoms with E-state index in [0.29, 0.717) is 0 Å². The number of rotatable bonds is 3. The minimum Gasteiger partial charge on any atom is -0.352 e. The maximum Gasteiger partial charge on any atom is 0.252 e. The van der Waals surface area contributed by atoms with Gasteiger partial charge in [-0.05, 0) is 65.1 Å². The number of hydrogen-bond acceptors (Lipinski definition) is 1. The first-order chi connectivity index (χ1) is 8.74. The van der Waals surface area contributed by atoms with Gasteiger partial charge in [-0.15, -0.1) is 0 Å². The van der Waals surface area contributed by atoms with Crippen molar-refractivity contribution in [3.05, 3.63) is 34.3 Å². The predicted molar refractivity (Wildman–Crippen MR) is 75.4 cm³/mol. The zero-order chi connectivity index (χ0) is 12.5. The molecule has 0 heterocycles. The zero-order valence-corrected chi connectivity index (χ0v) is 11.9. The average Bonchev–Trinajstić information content (AvgIpc) is 2.98. The van der Waals surface area contributed by atoms with Crippen molar-refractivity contribution in [1.29, 1.82) is 0 Å². The third-order valence-electron chi connectivity index (χ3n) is 4.53. The van der Waals surface area contributed by atoms with Gasteiger partial charge in [-0.1, -0.05) is 18.6 Å². The molecule has 2 bridgehead atoms. The molecule has 2 fully saturated rings. The summed E-state index contributed by atoms with van der Waals surface area (Å²) in [6.07, 6.45) is 5.51. The summed E-state index contributed by atoms with van der Waals surface area (Å²) in [5, 5.41) is 3.10. The van der Waals surface area contributed by atoms with Crippen molar-refractivity contribution >= 4 is 21.8 Å². The minimum atomic E-state index is 0.0465. The highest BCUT2D eigenvalue weighted by atomic mass is 79.9. The number of fused-ring (bicyclic) bond motifs is 2. The van der Waals surface area contributed by atoms with Crippen LogP contribution in [0.1, 0.15) is 36.0 Å². The van der Waals surface area contributed by atoms with Crippen molar-refractivity contribution in [1.82, 2.24) is 5.32 Å². The Hall–Kier alpha value is -0.830. The normalized spacial score (nSPS) is 29.5. The number of nitrogens with one attached hydrogen (secondary N) is 1. The van der Waals surface area contributed by atoms with E-state index in [0.717, 1.165) is 34.3 Å². The second kappa shape index (κ2) is 5.04. The van der Waals surface area contributed by atoms with Gasteiger partial charge in [-0.3, -0.25) is 4.79 Å². The van der Waals surface area contributed by atoms with E-state index in [4.69, 9.17) is 0 Å². The van der Waals surface area contributed by atoms with Crippen LogP contribution in [0, 0.1) is 17.8 Å². The average molecular weight is 308 g/mol. The number of carbonyl (C=O) groups is 1. The van der Waals surface area contributed by atoms with Gasteiger partial charge in [0.1, 0.15) is 0 Å². The Morgan fingerprint density at radius 3 is 2.78 bits per heavy atom. The van der Waals surface area contributed by atoms with E-state index in [2.05, 4.69) is 21.2 Å². The van der Waals surface area contributed by atoms with E-state index in [-0.39, 0.29) is 5.91 Å². The number of carbonyl (C=O) groups excluding carboxylic acids is 1. The van der Waals surface area contributed by atoms with Gasteiger partial charge in [0.2, 0.25) is 0 Å². The molecule has 1 aromatic rings. The molecule has 3 heteroatoms. The molecular weight excluding hydrogens is 290 g/mol. The lowest BCUT2D eigenvalue weighted by molar-refractivity contribution is 0.0941. The van der Waals surface area contributed by atoms with Gasteiger partial charge in [0.05, 0.1) is 5.56 Å². The Balaban J connectivity index is 1.57. The number of benzene rings is 1. The molecular formula is C15H18BrNO. The molecule has 0 saturated heterocycles. The lowest BCUT2D eigenvalue weighted by Gasteiger charge is -2.21. The molecule has 0 aromatic heterocycles. The molecule has 3 atom stereocenters. The molecule has 96 valence electrons. The second-order valence-corrected chi connectivity index (χ2v) is 6.48. The summed E-state index contributed by atoms with van der Waals surface area (Å²) in [6, 6.07) is 7.60. The Kier molecular flexibility index (Phi) is 3.42. The third-order valence-corrected chi connectivity index (χ3v) is 5.22. The molecule has 2 aliphatic rings. The fourth-order valence-corrected chi connectivity index (χ4v) is 4.06. The van der Waals surface area contributed by atoms with Crippen LogP contribution in [-0.2, 0) is 0 Å². The monoisotopic (exact) mass is 307 g/mol. The molecule has 1 N–H and O–H groups in total. The highest BCUT2D eigenvalue weighted by Crippen LogP contribution is 2.47. The van der Waals surface area contributed by atoms with Crippen LogP contribution in [-0.4, -0.2) is 12.5 Å². The van der Waals surface area contributed by atoms with E-state index >= 15 is 0 Å². The molecule has 2 aliphatic carbocycles. The molecule has 3 rings (SSSR count). The lowest BCUT2D eigenvalue weighted by Crippen LogP contribution is -2.31. The van der Waals surface area contributed by atoms with E-state index in [1.54, 1.807) is 0 Å². The van der Waals surface area contributed by atoms with E-state index < -0.39 is 0 Å². The Morgan fingerprint density at radius 2 is 2.11 bits per heavy atom. The summed E-state index contributed by atoms with van der Waals surface area (Å²) >= 11 is 3.42. The first-order valence-corrected chi connectivity index (χ1v) is 7.56. The van der Waals surface area contributed by atoms with Crippen LogP contribution >= 0.6 is 15.9 Å². The summed E-state index contributed by atoms with van der Waals surface area (Å²) in [4.78, 5) is 12.1. The number of hydrogen-bond donors (Lipinski definition) is 1. The standard InChI is InChI=1S/C15H18BrNO/c16-14-4-2-1-3-13(14)15(18)17-9-12-8-10-5-6-11(12)7-10/h1-4,10-12H,5-9H2,(H,17,18). The van der Waals surface area contributed by atoms with E-state index in [9.17, 15) is 4.79 Å². The summed E-state index contributed by atoms with van der Waals surface area (Å²) in [7, 11) is 0. The summed E-state index contributed by atoms with van der Waals surface area (Å²) in [5.74, 6) is 2.58. The topological polar surface area (TPSA) is 29.1 Å². The van der Waals surface area contributed by atoms with Crippen molar-refractivity contribution < 1.29 is 4.79 Å². The minimum absolute atomic E-state index is 0.0465. The van der Waals surface area contributed by atoms with Crippen molar-refractivity contribution in [2.24, 2.45) is 17.8 Å². The van der Waals surface area contributed by atoms with Crippen LogP contribution in [0.5, 0.6) is 0 Å². The first-order valence-electron chi connectivity index (χ1n) is 6.77. The van der Waals surface area contributed by atoms with Crippen LogP contribution in [0.2, 0.25) is 0 Å². The van der Waals surface area contributed by atoms with Gasteiger partial charge in [0.15, 0.2) is 0 Å². The van der Waals surface area contributed by atoms with Crippen molar-refractivity contribution in [3.8, 4) is 0 Å². The maximum absolute atomic E-state index is 12.1. The van der Waals surface area contributed by atoms with Crippen LogP contribution in [0.25, 0.3) is 0 Å². The maximum atomic E-state index is 12.1. The summed E-state index contributed by atoms with van der Waals surface area (Å²) in [6.45, 7) is 0.849. The quantitative estimate of drug-likeness (QED) is 0.908. The smallest absolute Gasteiger partial charge is 0.252 e.